The average molecular weight is 240 g/mol. The molecule has 0 bridgehead atoms. The van der Waals surface area contributed by atoms with E-state index >= 15 is 0 Å². The molecule has 1 aliphatic heterocycles. The van der Waals surface area contributed by atoms with E-state index in [4.69, 9.17) is 0 Å². The van der Waals surface area contributed by atoms with Crippen molar-refractivity contribution in [2.24, 2.45) is 11.8 Å². The molecule has 0 radical (unpaired) electrons. The first kappa shape index (κ1) is 15.0. The lowest BCUT2D eigenvalue weighted by atomic mass is 9.86. The van der Waals surface area contributed by atoms with Crippen LogP contribution >= 0.6 is 0 Å². The summed E-state index contributed by atoms with van der Waals surface area (Å²) in [4.78, 5) is 0. The molecule has 1 nitrogen and oxygen atoms in total. The van der Waals surface area contributed by atoms with Gasteiger partial charge >= 0.3 is 0 Å². The highest BCUT2D eigenvalue weighted by atomic mass is 15.5. The van der Waals surface area contributed by atoms with Crippen LogP contribution in [0.4, 0.5) is 0 Å². The monoisotopic (exact) mass is 240 g/mol. The van der Waals surface area contributed by atoms with Crippen LogP contribution < -0.4 is 0 Å². The number of rotatable bonds is 7. The SMILES string of the molecule is CCCC(C)CCCC(C)C1(C)C(C)[N+]1(C)C. The molecular formula is C16H34N+. The van der Waals surface area contributed by atoms with Gasteiger partial charge in [0, 0.05) is 5.92 Å². The lowest BCUT2D eigenvalue weighted by Crippen LogP contribution is -2.31. The number of hydrogen-bond acceptors (Lipinski definition) is 0. The Labute approximate surface area is 109 Å². The fourth-order valence-electron chi connectivity index (χ4n) is 3.84. The second-order valence-corrected chi connectivity index (χ2v) is 7.17. The third kappa shape index (κ3) is 2.70. The molecule has 4 atom stereocenters. The fraction of sp³-hybridized carbons (Fsp3) is 1.00. The van der Waals surface area contributed by atoms with Crippen molar-refractivity contribution in [2.45, 2.75) is 78.3 Å². The number of nitrogens with zero attached hydrogens (tertiary/aromatic N) is 1. The summed E-state index contributed by atoms with van der Waals surface area (Å²) in [5, 5.41) is 0. The first-order valence-corrected chi connectivity index (χ1v) is 7.62. The Bertz CT molecular complexity index is 246. The highest BCUT2D eigenvalue weighted by molar-refractivity contribution is 5.00. The predicted molar refractivity (Wildman–Crippen MR) is 77.1 cm³/mol. The van der Waals surface area contributed by atoms with E-state index in [0.717, 1.165) is 17.9 Å². The third-order valence-electron chi connectivity index (χ3n) is 6.10. The molecule has 1 fully saturated rings. The zero-order valence-electron chi connectivity index (χ0n) is 13.2. The smallest absolute Gasteiger partial charge is 0.151 e. The van der Waals surface area contributed by atoms with Crippen LogP contribution in [0.3, 0.4) is 0 Å². The number of quaternary nitrogens is 1. The predicted octanol–water partition coefficient (Wildman–Crippen LogP) is 4.47. The van der Waals surface area contributed by atoms with Gasteiger partial charge in [-0.3, -0.25) is 0 Å². The molecule has 0 aliphatic carbocycles. The molecule has 0 N–H and O–H groups in total. The Morgan fingerprint density at radius 1 is 1.12 bits per heavy atom. The largest absolute Gasteiger partial charge is 0.311 e. The van der Waals surface area contributed by atoms with Crippen molar-refractivity contribution in [3.05, 3.63) is 0 Å². The van der Waals surface area contributed by atoms with Gasteiger partial charge in [-0.15, -0.1) is 0 Å². The van der Waals surface area contributed by atoms with Crippen LogP contribution in [0.5, 0.6) is 0 Å². The standard InChI is InChI=1S/C16H34N/c1-8-10-13(2)11-9-12-14(3)16(5)15(4)17(16,6)7/h13-15H,8-12H2,1-7H3/q+1. The van der Waals surface area contributed by atoms with E-state index in [-0.39, 0.29) is 0 Å². The molecule has 1 rings (SSSR count). The quantitative estimate of drug-likeness (QED) is 0.455. The van der Waals surface area contributed by atoms with Crippen LogP contribution in [0, 0.1) is 11.8 Å². The molecule has 1 aliphatic rings. The summed E-state index contributed by atoms with van der Waals surface area (Å²) >= 11 is 0. The van der Waals surface area contributed by atoms with E-state index in [1.807, 2.05) is 0 Å². The van der Waals surface area contributed by atoms with Crippen LogP contribution in [0.1, 0.15) is 66.7 Å². The maximum Gasteiger partial charge on any atom is 0.151 e. The summed E-state index contributed by atoms with van der Waals surface area (Å²) in [6.07, 6.45) is 7.01. The average Bonchev–Trinajstić information content (AvgIpc) is 2.64. The van der Waals surface area contributed by atoms with Gasteiger partial charge in [-0.25, -0.2) is 0 Å². The third-order valence-corrected chi connectivity index (χ3v) is 6.10. The maximum atomic E-state index is 2.48. The fourth-order valence-corrected chi connectivity index (χ4v) is 3.84. The van der Waals surface area contributed by atoms with Crippen molar-refractivity contribution < 1.29 is 4.48 Å². The minimum Gasteiger partial charge on any atom is -0.311 e. The molecule has 4 unspecified atom stereocenters. The molecule has 0 aromatic rings. The highest BCUT2D eigenvalue weighted by Crippen LogP contribution is 2.52. The lowest BCUT2D eigenvalue weighted by molar-refractivity contribution is -0.800. The van der Waals surface area contributed by atoms with Crippen LogP contribution in [0.2, 0.25) is 0 Å². The first-order valence-electron chi connectivity index (χ1n) is 7.62. The normalized spacial score (nSPS) is 34.4. The molecular weight excluding hydrogens is 206 g/mol. The number of hydrogen-bond donors (Lipinski definition) is 0. The molecule has 1 heteroatoms. The molecule has 0 spiro atoms. The Hall–Kier alpha value is -0.0400. The van der Waals surface area contributed by atoms with Crippen molar-refractivity contribution in [3.63, 3.8) is 0 Å². The molecule has 0 aromatic heterocycles. The molecule has 0 aromatic carbocycles. The summed E-state index contributed by atoms with van der Waals surface area (Å²) in [7, 11) is 4.78. The topological polar surface area (TPSA) is 0 Å². The van der Waals surface area contributed by atoms with Crippen molar-refractivity contribution in [2.75, 3.05) is 14.1 Å². The van der Waals surface area contributed by atoms with Crippen molar-refractivity contribution in [1.29, 1.82) is 0 Å². The maximum absolute atomic E-state index is 2.48. The molecule has 17 heavy (non-hydrogen) atoms. The molecule has 1 saturated heterocycles. The van der Waals surface area contributed by atoms with Gasteiger partial charge in [-0.1, -0.05) is 46.5 Å². The van der Waals surface area contributed by atoms with Gasteiger partial charge < -0.3 is 4.48 Å². The first-order chi connectivity index (χ1) is 7.78. The zero-order chi connectivity index (χ0) is 13.3. The van der Waals surface area contributed by atoms with E-state index in [1.54, 1.807) is 0 Å². The summed E-state index contributed by atoms with van der Waals surface area (Å²) in [5.41, 5.74) is 0.536. The van der Waals surface area contributed by atoms with Crippen molar-refractivity contribution >= 4 is 0 Å². The van der Waals surface area contributed by atoms with E-state index in [0.29, 0.717) is 5.54 Å². The van der Waals surface area contributed by atoms with E-state index in [2.05, 4.69) is 48.7 Å². The minimum absolute atomic E-state index is 0.536. The second-order valence-electron chi connectivity index (χ2n) is 7.17. The van der Waals surface area contributed by atoms with Crippen LogP contribution in [-0.4, -0.2) is 30.2 Å². The van der Waals surface area contributed by atoms with Gasteiger partial charge in [0.1, 0.15) is 6.04 Å². The molecule has 1 heterocycles. The van der Waals surface area contributed by atoms with Gasteiger partial charge in [-0.05, 0) is 26.2 Å². The van der Waals surface area contributed by atoms with E-state index in [1.165, 1.54) is 36.6 Å². The van der Waals surface area contributed by atoms with E-state index < -0.39 is 0 Å². The highest BCUT2D eigenvalue weighted by Gasteiger charge is 2.70. The Kier molecular flexibility index (Phi) is 4.68. The van der Waals surface area contributed by atoms with Crippen LogP contribution in [0.25, 0.3) is 0 Å². The summed E-state index contributed by atoms with van der Waals surface area (Å²) in [6, 6.07) is 0.838. The number of likely N-dealkylation sites (N-methyl/N-ethyl adjacent to an activating group) is 1. The summed E-state index contributed by atoms with van der Waals surface area (Å²) in [5.74, 6) is 1.79. The summed E-state index contributed by atoms with van der Waals surface area (Å²) in [6.45, 7) is 12.1. The Balaban J connectivity index is 2.30. The van der Waals surface area contributed by atoms with Crippen LogP contribution in [-0.2, 0) is 0 Å². The lowest BCUT2D eigenvalue weighted by Gasteiger charge is -2.21. The van der Waals surface area contributed by atoms with Gasteiger partial charge in [-0.2, -0.15) is 0 Å². The van der Waals surface area contributed by atoms with E-state index in [9.17, 15) is 0 Å². The van der Waals surface area contributed by atoms with Gasteiger partial charge in [0.25, 0.3) is 0 Å². The van der Waals surface area contributed by atoms with Gasteiger partial charge in [0.2, 0.25) is 0 Å². The Morgan fingerprint density at radius 3 is 2.06 bits per heavy atom. The molecule has 102 valence electrons. The Morgan fingerprint density at radius 2 is 1.65 bits per heavy atom. The zero-order valence-corrected chi connectivity index (χ0v) is 13.2. The molecule has 0 amide bonds. The van der Waals surface area contributed by atoms with Gasteiger partial charge in [0.15, 0.2) is 5.54 Å². The van der Waals surface area contributed by atoms with Gasteiger partial charge in [0.05, 0.1) is 14.1 Å². The second kappa shape index (κ2) is 5.30. The van der Waals surface area contributed by atoms with Crippen molar-refractivity contribution in [1.82, 2.24) is 0 Å². The molecule has 0 saturated carbocycles. The minimum atomic E-state index is 0.536. The summed E-state index contributed by atoms with van der Waals surface area (Å²) < 4.78 is 1.22. The van der Waals surface area contributed by atoms with Crippen LogP contribution in [0.15, 0.2) is 0 Å². The van der Waals surface area contributed by atoms with Crippen molar-refractivity contribution in [3.8, 4) is 0 Å².